The van der Waals surface area contributed by atoms with Crippen molar-refractivity contribution in [1.29, 1.82) is 0 Å². The minimum atomic E-state index is -0.956. The smallest absolute Gasteiger partial charge is 0.335 e. The zero-order chi connectivity index (χ0) is 13.6. The van der Waals surface area contributed by atoms with Gasteiger partial charge in [0, 0.05) is 12.6 Å². The lowest BCUT2D eigenvalue weighted by Crippen LogP contribution is -2.26. The SMILES string of the molecule is CC1CC(C)N(c2nc3ccc(C(=O)O)cc3o2)C1. The van der Waals surface area contributed by atoms with E-state index in [2.05, 4.69) is 23.7 Å². The molecule has 1 aliphatic rings. The minimum Gasteiger partial charge on any atom is -0.478 e. The number of carboxylic acid groups (broad SMARTS) is 1. The molecule has 2 atom stereocenters. The number of hydrogen-bond donors (Lipinski definition) is 1. The van der Waals surface area contributed by atoms with Crippen LogP contribution in [0.25, 0.3) is 11.1 Å². The Labute approximate surface area is 110 Å². The fourth-order valence-electron chi connectivity index (χ4n) is 2.73. The van der Waals surface area contributed by atoms with Crippen LogP contribution in [-0.2, 0) is 0 Å². The van der Waals surface area contributed by atoms with Crippen LogP contribution in [-0.4, -0.2) is 28.6 Å². The fraction of sp³-hybridized carbons (Fsp3) is 0.429. The highest BCUT2D eigenvalue weighted by Crippen LogP contribution is 2.30. The summed E-state index contributed by atoms with van der Waals surface area (Å²) < 4.78 is 5.71. The predicted octanol–water partition coefficient (Wildman–Crippen LogP) is 2.76. The van der Waals surface area contributed by atoms with Gasteiger partial charge in [0.05, 0.1) is 5.56 Å². The lowest BCUT2D eigenvalue weighted by atomic mass is 10.1. The number of fused-ring (bicyclic) bond motifs is 1. The molecule has 5 heteroatoms. The van der Waals surface area contributed by atoms with Gasteiger partial charge in [0.1, 0.15) is 5.52 Å². The Balaban J connectivity index is 2.00. The third kappa shape index (κ3) is 2.05. The van der Waals surface area contributed by atoms with Crippen LogP contribution in [0.4, 0.5) is 6.01 Å². The van der Waals surface area contributed by atoms with Crippen LogP contribution in [0.2, 0.25) is 0 Å². The van der Waals surface area contributed by atoms with Gasteiger partial charge >= 0.3 is 5.97 Å². The van der Waals surface area contributed by atoms with E-state index in [0.717, 1.165) is 13.0 Å². The number of carboxylic acids is 1. The molecule has 0 spiro atoms. The summed E-state index contributed by atoms with van der Waals surface area (Å²) in [7, 11) is 0. The molecule has 0 bridgehead atoms. The number of carbonyl (C=O) groups is 1. The van der Waals surface area contributed by atoms with Gasteiger partial charge in [-0.2, -0.15) is 4.98 Å². The second-order valence-electron chi connectivity index (χ2n) is 5.33. The highest BCUT2D eigenvalue weighted by molar-refractivity contribution is 5.92. The van der Waals surface area contributed by atoms with E-state index in [9.17, 15) is 4.79 Å². The second kappa shape index (κ2) is 4.26. The third-order valence-electron chi connectivity index (χ3n) is 3.65. The van der Waals surface area contributed by atoms with Crippen LogP contribution in [0.3, 0.4) is 0 Å². The molecule has 0 amide bonds. The molecular weight excluding hydrogens is 244 g/mol. The Morgan fingerprint density at radius 1 is 1.47 bits per heavy atom. The number of nitrogens with zero attached hydrogens (tertiary/aromatic N) is 2. The molecule has 2 heterocycles. The van der Waals surface area contributed by atoms with Gasteiger partial charge in [-0.15, -0.1) is 0 Å². The molecule has 1 aliphatic heterocycles. The van der Waals surface area contributed by atoms with E-state index in [4.69, 9.17) is 9.52 Å². The molecule has 3 rings (SSSR count). The summed E-state index contributed by atoms with van der Waals surface area (Å²) in [6, 6.07) is 5.76. The molecule has 0 saturated carbocycles. The van der Waals surface area contributed by atoms with E-state index >= 15 is 0 Å². The molecule has 19 heavy (non-hydrogen) atoms. The van der Waals surface area contributed by atoms with Crippen molar-refractivity contribution in [2.24, 2.45) is 5.92 Å². The molecule has 2 aromatic rings. The summed E-state index contributed by atoms with van der Waals surface area (Å²) in [6.07, 6.45) is 1.12. The Kier molecular flexibility index (Phi) is 2.69. The van der Waals surface area contributed by atoms with Crippen LogP contribution < -0.4 is 4.90 Å². The van der Waals surface area contributed by atoms with Gasteiger partial charge < -0.3 is 14.4 Å². The first-order chi connectivity index (χ1) is 9.04. The first kappa shape index (κ1) is 12.0. The van der Waals surface area contributed by atoms with E-state index in [1.165, 1.54) is 6.07 Å². The number of anilines is 1. The van der Waals surface area contributed by atoms with Gasteiger partial charge in [-0.3, -0.25) is 0 Å². The van der Waals surface area contributed by atoms with E-state index < -0.39 is 5.97 Å². The van der Waals surface area contributed by atoms with Crippen molar-refractivity contribution in [3.8, 4) is 0 Å². The zero-order valence-electron chi connectivity index (χ0n) is 11.0. The number of aromatic carboxylic acids is 1. The average molecular weight is 260 g/mol. The minimum absolute atomic E-state index is 0.220. The van der Waals surface area contributed by atoms with E-state index in [0.29, 0.717) is 29.1 Å². The van der Waals surface area contributed by atoms with Crippen molar-refractivity contribution in [3.05, 3.63) is 23.8 Å². The van der Waals surface area contributed by atoms with Crippen LogP contribution in [0, 0.1) is 5.92 Å². The number of rotatable bonds is 2. The molecular formula is C14H16N2O3. The summed E-state index contributed by atoms with van der Waals surface area (Å²) in [4.78, 5) is 17.5. The Morgan fingerprint density at radius 3 is 2.89 bits per heavy atom. The number of oxazole rings is 1. The Hall–Kier alpha value is -2.04. The maximum Gasteiger partial charge on any atom is 0.335 e. The molecule has 1 aromatic heterocycles. The second-order valence-corrected chi connectivity index (χ2v) is 5.33. The van der Waals surface area contributed by atoms with Crippen LogP contribution in [0.5, 0.6) is 0 Å². The molecule has 1 fully saturated rings. The lowest BCUT2D eigenvalue weighted by Gasteiger charge is -2.18. The van der Waals surface area contributed by atoms with Gasteiger partial charge in [-0.25, -0.2) is 4.79 Å². The summed E-state index contributed by atoms with van der Waals surface area (Å²) >= 11 is 0. The van der Waals surface area contributed by atoms with Crippen LogP contribution in [0.15, 0.2) is 22.6 Å². The first-order valence-electron chi connectivity index (χ1n) is 6.45. The molecule has 1 aromatic carbocycles. The summed E-state index contributed by atoms with van der Waals surface area (Å²) in [5.74, 6) is -0.331. The molecule has 1 N–H and O–H groups in total. The maximum absolute atomic E-state index is 10.9. The van der Waals surface area contributed by atoms with Crippen molar-refractivity contribution >= 4 is 23.1 Å². The normalized spacial score (nSPS) is 23.2. The fourth-order valence-corrected chi connectivity index (χ4v) is 2.73. The Bertz CT molecular complexity index is 635. The standard InChI is InChI=1S/C14H16N2O3/c1-8-5-9(2)16(7-8)14-15-11-4-3-10(13(17)18)6-12(11)19-14/h3-4,6,8-9H,5,7H2,1-2H3,(H,17,18). The third-order valence-corrected chi connectivity index (χ3v) is 3.65. The monoisotopic (exact) mass is 260 g/mol. The van der Waals surface area contributed by atoms with Gasteiger partial charge in [0.15, 0.2) is 5.58 Å². The largest absolute Gasteiger partial charge is 0.478 e. The van der Waals surface area contributed by atoms with Crippen molar-refractivity contribution in [2.45, 2.75) is 26.3 Å². The van der Waals surface area contributed by atoms with Gasteiger partial charge in [0.25, 0.3) is 6.01 Å². The lowest BCUT2D eigenvalue weighted by molar-refractivity contribution is 0.0697. The highest BCUT2D eigenvalue weighted by Gasteiger charge is 2.29. The quantitative estimate of drug-likeness (QED) is 0.899. The molecule has 5 nitrogen and oxygen atoms in total. The number of aromatic nitrogens is 1. The molecule has 0 aliphatic carbocycles. The van der Waals surface area contributed by atoms with Crippen molar-refractivity contribution in [2.75, 3.05) is 11.4 Å². The Morgan fingerprint density at radius 2 is 2.26 bits per heavy atom. The van der Waals surface area contributed by atoms with Crippen molar-refractivity contribution in [3.63, 3.8) is 0 Å². The van der Waals surface area contributed by atoms with E-state index in [-0.39, 0.29) is 5.56 Å². The predicted molar refractivity (Wildman–Crippen MR) is 71.6 cm³/mol. The molecule has 2 unspecified atom stereocenters. The zero-order valence-corrected chi connectivity index (χ0v) is 11.0. The van der Waals surface area contributed by atoms with Crippen LogP contribution in [0.1, 0.15) is 30.6 Å². The highest BCUT2D eigenvalue weighted by atomic mass is 16.4. The van der Waals surface area contributed by atoms with Crippen molar-refractivity contribution in [1.82, 2.24) is 4.98 Å². The number of hydrogen-bond acceptors (Lipinski definition) is 4. The molecule has 0 radical (unpaired) electrons. The number of benzene rings is 1. The van der Waals surface area contributed by atoms with Gasteiger partial charge in [-0.1, -0.05) is 6.92 Å². The molecule has 100 valence electrons. The molecule has 1 saturated heterocycles. The van der Waals surface area contributed by atoms with Crippen molar-refractivity contribution < 1.29 is 14.3 Å². The summed E-state index contributed by atoms with van der Waals surface area (Å²) in [6.45, 7) is 5.29. The van der Waals surface area contributed by atoms with Gasteiger partial charge in [0.2, 0.25) is 0 Å². The average Bonchev–Trinajstić information content (AvgIpc) is 2.90. The summed E-state index contributed by atoms with van der Waals surface area (Å²) in [5, 5.41) is 8.97. The topological polar surface area (TPSA) is 66.6 Å². The van der Waals surface area contributed by atoms with E-state index in [1.807, 2.05) is 0 Å². The maximum atomic E-state index is 10.9. The first-order valence-corrected chi connectivity index (χ1v) is 6.45. The van der Waals surface area contributed by atoms with Gasteiger partial charge in [-0.05, 0) is 37.5 Å². The van der Waals surface area contributed by atoms with E-state index in [1.54, 1.807) is 12.1 Å². The van der Waals surface area contributed by atoms with Crippen LogP contribution >= 0.6 is 0 Å². The summed E-state index contributed by atoms with van der Waals surface area (Å²) in [5.41, 5.74) is 1.45.